The Balaban J connectivity index is 2.29. The minimum absolute atomic E-state index is 0.0265. The molecule has 1 atom stereocenters. The Bertz CT molecular complexity index is 1130. The molecule has 2 aromatic carbocycles. The Labute approximate surface area is 181 Å². The van der Waals surface area contributed by atoms with Gasteiger partial charge in [-0.1, -0.05) is 30.7 Å². The quantitative estimate of drug-likeness (QED) is 0.564. The number of carbonyl (C=O) groups excluding carboxylic acids is 1. The number of fused-ring (bicyclic) bond motifs is 1. The van der Waals surface area contributed by atoms with Crippen LogP contribution in [0.25, 0.3) is 16.6 Å². The smallest absolute Gasteiger partial charge is 0.266 e. The summed E-state index contributed by atoms with van der Waals surface area (Å²) >= 11 is 6.14. The third-order valence-electron chi connectivity index (χ3n) is 5.20. The van der Waals surface area contributed by atoms with E-state index in [-0.39, 0.29) is 11.5 Å². The van der Waals surface area contributed by atoms with Crippen LogP contribution in [0, 0.1) is 6.92 Å². The van der Waals surface area contributed by atoms with Crippen LogP contribution in [0.1, 0.15) is 37.7 Å². The van der Waals surface area contributed by atoms with Gasteiger partial charge >= 0.3 is 0 Å². The number of ether oxygens (including phenoxy) is 1. The number of halogens is 1. The van der Waals surface area contributed by atoms with Gasteiger partial charge in [-0.15, -0.1) is 0 Å². The molecule has 0 N–H and O–H groups in total. The zero-order valence-electron chi connectivity index (χ0n) is 17.7. The summed E-state index contributed by atoms with van der Waals surface area (Å²) in [6.45, 7) is 6.41. The highest BCUT2D eigenvalue weighted by Gasteiger charge is 2.26. The largest absolute Gasteiger partial charge is 0.383 e. The van der Waals surface area contributed by atoms with E-state index >= 15 is 0 Å². The van der Waals surface area contributed by atoms with Crippen LogP contribution >= 0.6 is 11.6 Å². The maximum Gasteiger partial charge on any atom is 0.266 e. The van der Waals surface area contributed by atoms with E-state index in [0.717, 1.165) is 5.56 Å². The fraction of sp³-hybridized carbons (Fsp3) is 0.348. The maximum absolute atomic E-state index is 13.5. The van der Waals surface area contributed by atoms with Crippen LogP contribution in [0.5, 0.6) is 0 Å². The molecule has 0 aliphatic heterocycles. The zero-order valence-corrected chi connectivity index (χ0v) is 18.4. The summed E-state index contributed by atoms with van der Waals surface area (Å²) < 4.78 is 6.80. The van der Waals surface area contributed by atoms with Gasteiger partial charge in [-0.3, -0.25) is 14.2 Å². The van der Waals surface area contributed by atoms with Crippen molar-refractivity contribution in [1.82, 2.24) is 14.5 Å². The number of benzene rings is 2. The van der Waals surface area contributed by atoms with Gasteiger partial charge in [0.15, 0.2) is 0 Å². The third-order valence-corrected chi connectivity index (χ3v) is 5.44. The molecule has 0 fully saturated rings. The lowest BCUT2D eigenvalue weighted by molar-refractivity contribution is -0.134. The van der Waals surface area contributed by atoms with Crippen LogP contribution in [0.4, 0.5) is 0 Å². The first-order valence-corrected chi connectivity index (χ1v) is 10.3. The van der Waals surface area contributed by atoms with Gasteiger partial charge in [0.2, 0.25) is 5.91 Å². The van der Waals surface area contributed by atoms with Crippen molar-refractivity contribution in [2.45, 2.75) is 33.2 Å². The number of aryl methyl sites for hydroxylation is 1. The SMILES string of the molecule is CCC(=O)N(CCOC)C(C)c1nc2ccccc2c(=O)n1-c1ccc(Cl)cc1C. The Morgan fingerprint density at radius 1 is 1.27 bits per heavy atom. The summed E-state index contributed by atoms with van der Waals surface area (Å²) in [5, 5.41) is 1.11. The molecule has 0 saturated heterocycles. The monoisotopic (exact) mass is 427 g/mol. The van der Waals surface area contributed by atoms with Gasteiger partial charge in [0.25, 0.3) is 5.56 Å². The first kappa shape index (κ1) is 22.0. The number of aromatic nitrogens is 2. The van der Waals surface area contributed by atoms with Crippen molar-refractivity contribution < 1.29 is 9.53 Å². The molecule has 1 aromatic heterocycles. The van der Waals surface area contributed by atoms with Crippen LogP contribution in [0.2, 0.25) is 5.02 Å². The van der Waals surface area contributed by atoms with Crippen LogP contribution in [-0.4, -0.2) is 40.6 Å². The fourth-order valence-corrected chi connectivity index (χ4v) is 3.83. The molecule has 0 saturated carbocycles. The Morgan fingerprint density at radius 3 is 2.67 bits per heavy atom. The number of amides is 1. The number of nitrogens with zero attached hydrogens (tertiary/aromatic N) is 3. The fourth-order valence-electron chi connectivity index (χ4n) is 3.60. The molecule has 0 spiro atoms. The predicted molar refractivity (Wildman–Crippen MR) is 119 cm³/mol. The Hall–Kier alpha value is -2.70. The number of carbonyl (C=O) groups is 1. The Kier molecular flexibility index (Phi) is 6.90. The van der Waals surface area contributed by atoms with Crippen molar-refractivity contribution in [2.75, 3.05) is 20.3 Å². The maximum atomic E-state index is 13.5. The van der Waals surface area contributed by atoms with Crippen LogP contribution in [-0.2, 0) is 9.53 Å². The molecule has 7 heteroatoms. The Morgan fingerprint density at radius 2 is 2.00 bits per heavy atom. The van der Waals surface area contributed by atoms with E-state index in [1.165, 1.54) is 0 Å². The van der Waals surface area contributed by atoms with E-state index in [2.05, 4.69) is 0 Å². The predicted octanol–water partition coefficient (Wildman–Crippen LogP) is 4.29. The second-order valence-electron chi connectivity index (χ2n) is 7.17. The van der Waals surface area contributed by atoms with Crippen molar-refractivity contribution in [2.24, 2.45) is 0 Å². The highest BCUT2D eigenvalue weighted by Crippen LogP contribution is 2.26. The van der Waals surface area contributed by atoms with Gasteiger partial charge in [0.05, 0.1) is 29.2 Å². The molecule has 0 aliphatic carbocycles. The molecule has 0 radical (unpaired) electrons. The topological polar surface area (TPSA) is 64.4 Å². The summed E-state index contributed by atoms with van der Waals surface area (Å²) in [4.78, 5) is 32.7. The first-order chi connectivity index (χ1) is 14.4. The molecule has 158 valence electrons. The molecule has 1 amide bonds. The average molecular weight is 428 g/mol. The van der Waals surface area contributed by atoms with E-state index in [4.69, 9.17) is 21.3 Å². The standard InChI is InChI=1S/C23H26ClN3O3/c1-5-21(28)26(12-13-30-4)16(3)22-25-19-9-7-6-8-18(19)23(29)27(22)20-11-10-17(24)14-15(20)2/h6-11,14,16H,5,12-13H2,1-4H3. The molecule has 6 nitrogen and oxygen atoms in total. The minimum Gasteiger partial charge on any atom is -0.383 e. The molecule has 0 aliphatic rings. The second kappa shape index (κ2) is 9.41. The van der Waals surface area contributed by atoms with Crippen molar-refractivity contribution in [3.05, 3.63) is 69.2 Å². The lowest BCUT2D eigenvalue weighted by atomic mass is 10.1. The zero-order chi connectivity index (χ0) is 21.8. The molecular weight excluding hydrogens is 402 g/mol. The van der Waals surface area contributed by atoms with E-state index in [1.807, 2.05) is 51.1 Å². The molecule has 3 aromatic rings. The second-order valence-corrected chi connectivity index (χ2v) is 7.60. The number of hydrogen-bond donors (Lipinski definition) is 0. The number of rotatable bonds is 7. The van der Waals surface area contributed by atoms with Crippen LogP contribution < -0.4 is 5.56 Å². The van der Waals surface area contributed by atoms with Crippen molar-refractivity contribution in [1.29, 1.82) is 0 Å². The van der Waals surface area contributed by atoms with Crippen molar-refractivity contribution in [3.63, 3.8) is 0 Å². The minimum atomic E-state index is -0.431. The summed E-state index contributed by atoms with van der Waals surface area (Å²) in [6.07, 6.45) is 0.353. The lowest BCUT2D eigenvalue weighted by Gasteiger charge is -2.30. The lowest BCUT2D eigenvalue weighted by Crippen LogP contribution is -2.39. The number of para-hydroxylation sites is 1. The summed E-state index contributed by atoms with van der Waals surface area (Å²) in [5.41, 5.74) is 1.96. The van der Waals surface area contributed by atoms with Crippen molar-refractivity contribution in [3.8, 4) is 5.69 Å². The van der Waals surface area contributed by atoms with Gasteiger partial charge in [0.1, 0.15) is 5.82 Å². The van der Waals surface area contributed by atoms with Crippen molar-refractivity contribution >= 4 is 28.4 Å². The van der Waals surface area contributed by atoms with E-state index in [9.17, 15) is 9.59 Å². The molecular formula is C23H26ClN3O3. The molecule has 30 heavy (non-hydrogen) atoms. The average Bonchev–Trinajstić information content (AvgIpc) is 2.74. The van der Waals surface area contributed by atoms with Gasteiger partial charge in [-0.25, -0.2) is 4.98 Å². The highest BCUT2D eigenvalue weighted by molar-refractivity contribution is 6.30. The number of methoxy groups -OCH3 is 1. The van der Waals surface area contributed by atoms with E-state index in [0.29, 0.717) is 47.0 Å². The van der Waals surface area contributed by atoms with Gasteiger partial charge < -0.3 is 9.64 Å². The summed E-state index contributed by atoms with van der Waals surface area (Å²) in [5.74, 6) is 0.475. The van der Waals surface area contributed by atoms with Gasteiger partial charge in [-0.05, 0) is 49.7 Å². The summed E-state index contributed by atoms with van der Waals surface area (Å²) in [6, 6.07) is 12.2. The summed E-state index contributed by atoms with van der Waals surface area (Å²) in [7, 11) is 1.60. The molecule has 3 rings (SSSR count). The highest BCUT2D eigenvalue weighted by atomic mass is 35.5. The molecule has 0 bridgehead atoms. The normalized spacial score (nSPS) is 12.2. The van der Waals surface area contributed by atoms with Crippen LogP contribution in [0.3, 0.4) is 0 Å². The molecule has 1 heterocycles. The van der Waals surface area contributed by atoms with E-state index < -0.39 is 6.04 Å². The third kappa shape index (κ3) is 4.25. The van der Waals surface area contributed by atoms with Crippen LogP contribution in [0.15, 0.2) is 47.3 Å². The van der Waals surface area contributed by atoms with E-state index in [1.54, 1.807) is 28.7 Å². The molecule has 1 unspecified atom stereocenters. The van der Waals surface area contributed by atoms with Gasteiger partial charge in [-0.2, -0.15) is 0 Å². The first-order valence-electron chi connectivity index (χ1n) is 9.95. The van der Waals surface area contributed by atoms with Gasteiger partial charge in [0, 0.05) is 25.1 Å². The number of hydrogen-bond acceptors (Lipinski definition) is 4.